The highest BCUT2D eigenvalue weighted by molar-refractivity contribution is 7.92. The lowest BCUT2D eigenvalue weighted by Gasteiger charge is -2.25. The molecule has 0 amide bonds. The highest BCUT2D eigenvalue weighted by Gasteiger charge is 2.36. The Morgan fingerprint density at radius 1 is 1.31 bits per heavy atom. The van der Waals surface area contributed by atoms with E-state index in [9.17, 15) is 16.8 Å². The fraction of sp³-hybridized carbons (Fsp3) is 0.353. The second-order valence-corrected chi connectivity index (χ2v) is 9.82. The molecule has 1 aliphatic heterocycles. The third kappa shape index (κ3) is 3.52. The predicted molar refractivity (Wildman–Crippen MR) is 101 cm³/mol. The Balaban J connectivity index is 1.97. The summed E-state index contributed by atoms with van der Waals surface area (Å²) in [5.41, 5.74) is 1.55. The minimum absolute atomic E-state index is 0.0234. The zero-order valence-electron chi connectivity index (χ0n) is 14.4. The standard InChI is InChI=1S/C17H21N3O4S2/c1-3-25(21,22)19-12-14-6-5-11-20(14)26(23,24)16-9-8-13(2)17-15(16)7-4-10-18-17/h3-4,7-10,14,19H,1,5-6,11-12H2,2H3. The van der Waals surface area contributed by atoms with Gasteiger partial charge in [-0.3, -0.25) is 4.98 Å². The number of rotatable bonds is 6. The number of nitrogens with zero attached hydrogens (tertiary/aromatic N) is 2. The molecule has 0 bridgehead atoms. The highest BCUT2D eigenvalue weighted by Crippen LogP contribution is 2.31. The molecule has 1 aliphatic rings. The van der Waals surface area contributed by atoms with E-state index in [1.54, 1.807) is 30.5 Å². The molecule has 1 unspecified atom stereocenters. The van der Waals surface area contributed by atoms with E-state index in [1.165, 1.54) is 4.31 Å². The molecule has 3 rings (SSSR count). The quantitative estimate of drug-likeness (QED) is 0.804. The molecule has 1 saturated heterocycles. The van der Waals surface area contributed by atoms with Crippen LogP contribution in [0.25, 0.3) is 10.9 Å². The van der Waals surface area contributed by atoms with Crippen molar-refractivity contribution in [2.75, 3.05) is 13.1 Å². The Kier molecular flexibility index (Phi) is 5.16. The lowest BCUT2D eigenvalue weighted by Crippen LogP contribution is -2.42. The second kappa shape index (κ2) is 7.07. The van der Waals surface area contributed by atoms with Gasteiger partial charge in [0.25, 0.3) is 0 Å². The number of nitrogens with one attached hydrogen (secondary N) is 1. The molecule has 0 aliphatic carbocycles. The van der Waals surface area contributed by atoms with Gasteiger partial charge in [0, 0.05) is 36.1 Å². The molecule has 7 nitrogen and oxygen atoms in total. The molecule has 2 heterocycles. The maximum Gasteiger partial charge on any atom is 0.244 e. The van der Waals surface area contributed by atoms with Crippen LogP contribution in [0, 0.1) is 6.92 Å². The topological polar surface area (TPSA) is 96.4 Å². The van der Waals surface area contributed by atoms with E-state index in [4.69, 9.17) is 0 Å². The Bertz CT molecular complexity index is 1050. The molecule has 1 N–H and O–H groups in total. The first-order chi connectivity index (χ1) is 12.3. The van der Waals surface area contributed by atoms with E-state index in [0.717, 1.165) is 11.0 Å². The average molecular weight is 396 g/mol. The van der Waals surface area contributed by atoms with Crippen LogP contribution in [0.2, 0.25) is 0 Å². The van der Waals surface area contributed by atoms with E-state index >= 15 is 0 Å². The van der Waals surface area contributed by atoms with Crippen molar-refractivity contribution < 1.29 is 16.8 Å². The Hall–Kier alpha value is -1.81. The molecular weight excluding hydrogens is 374 g/mol. The smallest absolute Gasteiger partial charge is 0.244 e. The number of hydrogen-bond donors (Lipinski definition) is 1. The first-order valence-corrected chi connectivity index (χ1v) is 11.2. The van der Waals surface area contributed by atoms with E-state index < -0.39 is 26.1 Å². The molecule has 1 atom stereocenters. The molecule has 0 saturated carbocycles. The van der Waals surface area contributed by atoms with Gasteiger partial charge in [0.2, 0.25) is 20.0 Å². The molecule has 1 fully saturated rings. The molecule has 0 spiro atoms. The summed E-state index contributed by atoms with van der Waals surface area (Å²) < 4.78 is 53.5. The Labute approximate surface area is 153 Å². The van der Waals surface area contributed by atoms with E-state index in [1.807, 2.05) is 6.92 Å². The maximum absolute atomic E-state index is 13.3. The van der Waals surface area contributed by atoms with Gasteiger partial charge < -0.3 is 0 Å². The monoisotopic (exact) mass is 395 g/mol. The summed E-state index contributed by atoms with van der Waals surface area (Å²) in [7, 11) is -7.37. The van der Waals surface area contributed by atoms with Crippen molar-refractivity contribution in [1.82, 2.24) is 14.0 Å². The number of aromatic nitrogens is 1. The van der Waals surface area contributed by atoms with E-state index in [-0.39, 0.29) is 11.4 Å². The van der Waals surface area contributed by atoms with Crippen molar-refractivity contribution in [3.8, 4) is 0 Å². The largest absolute Gasteiger partial charge is 0.256 e. The Morgan fingerprint density at radius 3 is 2.81 bits per heavy atom. The number of pyridine rings is 1. The van der Waals surface area contributed by atoms with Crippen LogP contribution >= 0.6 is 0 Å². The number of sulfonamides is 2. The van der Waals surface area contributed by atoms with Crippen molar-refractivity contribution in [2.45, 2.75) is 30.7 Å². The molecule has 26 heavy (non-hydrogen) atoms. The van der Waals surface area contributed by atoms with Crippen molar-refractivity contribution in [3.63, 3.8) is 0 Å². The number of aryl methyl sites for hydroxylation is 1. The fourth-order valence-electron chi connectivity index (χ4n) is 3.24. The number of hydrogen-bond acceptors (Lipinski definition) is 5. The van der Waals surface area contributed by atoms with Crippen molar-refractivity contribution in [2.24, 2.45) is 0 Å². The zero-order chi connectivity index (χ0) is 18.9. The number of benzene rings is 1. The molecule has 1 aromatic heterocycles. The van der Waals surface area contributed by atoms with Gasteiger partial charge in [-0.1, -0.05) is 12.6 Å². The van der Waals surface area contributed by atoms with Gasteiger partial charge in [0.15, 0.2) is 0 Å². The fourth-order valence-corrected chi connectivity index (χ4v) is 5.66. The van der Waals surface area contributed by atoms with Gasteiger partial charge in [-0.05, 0) is 43.5 Å². The van der Waals surface area contributed by atoms with Gasteiger partial charge in [0.1, 0.15) is 0 Å². The molecule has 9 heteroatoms. The normalized spacial score (nSPS) is 19.0. The lowest BCUT2D eigenvalue weighted by molar-refractivity contribution is 0.385. The minimum atomic E-state index is -3.77. The van der Waals surface area contributed by atoms with Gasteiger partial charge in [-0.2, -0.15) is 4.31 Å². The van der Waals surface area contributed by atoms with Gasteiger partial charge >= 0.3 is 0 Å². The van der Waals surface area contributed by atoms with Gasteiger partial charge in [0.05, 0.1) is 10.4 Å². The van der Waals surface area contributed by atoms with Crippen LogP contribution in [0.15, 0.2) is 47.3 Å². The summed E-state index contributed by atoms with van der Waals surface area (Å²) in [6.07, 6.45) is 2.91. The Morgan fingerprint density at radius 2 is 2.08 bits per heavy atom. The van der Waals surface area contributed by atoms with Crippen LogP contribution in [-0.4, -0.2) is 45.3 Å². The first kappa shape index (κ1) is 19.0. The minimum Gasteiger partial charge on any atom is -0.256 e. The van der Waals surface area contributed by atoms with E-state index in [2.05, 4.69) is 16.3 Å². The number of fused-ring (bicyclic) bond motifs is 1. The summed E-state index contributed by atoms with van der Waals surface area (Å²) in [5.74, 6) is 0. The van der Waals surface area contributed by atoms with Crippen LogP contribution in [-0.2, 0) is 20.0 Å². The molecule has 140 valence electrons. The van der Waals surface area contributed by atoms with Crippen LogP contribution in [0.3, 0.4) is 0 Å². The molecule has 2 aromatic rings. The van der Waals surface area contributed by atoms with Crippen LogP contribution in [0.1, 0.15) is 18.4 Å². The third-order valence-corrected chi connectivity index (χ3v) is 7.60. The third-order valence-electron chi connectivity index (χ3n) is 4.58. The van der Waals surface area contributed by atoms with Crippen LogP contribution in [0.5, 0.6) is 0 Å². The second-order valence-electron chi connectivity index (χ2n) is 6.25. The summed E-state index contributed by atoms with van der Waals surface area (Å²) in [4.78, 5) is 4.49. The average Bonchev–Trinajstić information content (AvgIpc) is 3.10. The lowest BCUT2D eigenvalue weighted by atomic mass is 10.1. The predicted octanol–water partition coefficient (Wildman–Crippen LogP) is 1.76. The summed E-state index contributed by atoms with van der Waals surface area (Å²) in [6.45, 7) is 5.51. The van der Waals surface area contributed by atoms with Crippen molar-refractivity contribution in [1.29, 1.82) is 0 Å². The van der Waals surface area contributed by atoms with Gasteiger partial charge in [-0.15, -0.1) is 0 Å². The van der Waals surface area contributed by atoms with E-state index in [0.29, 0.717) is 30.3 Å². The first-order valence-electron chi connectivity index (χ1n) is 8.24. The summed E-state index contributed by atoms with van der Waals surface area (Å²) in [6, 6.07) is 6.36. The molecule has 0 radical (unpaired) electrons. The van der Waals surface area contributed by atoms with Crippen molar-refractivity contribution >= 4 is 30.9 Å². The van der Waals surface area contributed by atoms with Gasteiger partial charge in [-0.25, -0.2) is 21.6 Å². The van der Waals surface area contributed by atoms with Crippen LogP contribution in [0.4, 0.5) is 0 Å². The summed E-state index contributed by atoms with van der Waals surface area (Å²) >= 11 is 0. The van der Waals surface area contributed by atoms with Crippen LogP contribution < -0.4 is 4.72 Å². The highest BCUT2D eigenvalue weighted by atomic mass is 32.2. The SMILES string of the molecule is C=CS(=O)(=O)NCC1CCCN1S(=O)(=O)c1ccc(C)c2ncccc12. The molecular formula is C17H21N3O4S2. The maximum atomic E-state index is 13.3. The summed E-state index contributed by atoms with van der Waals surface area (Å²) in [5, 5.41) is 1.39. The zero-order valence-corrected chi connectivity index (χ0v) is 16.1. The van der Waals surface area contributed by atoms with Crippen molar-refractivity contribution in [3.05, 3.63) is 48.0 Å². The molecule has 1 aromatic carbocycles.